The molecule has 0 bridgehead atoms. The Hall–Kier alpha value is -2.43. The number of amides is 1. The first-order valence-electron chi connectivity index (χ1n) is 7.89. The van der Waals surface area contributed by atoms with Gasteiger partial charge in [-0.2, -0.15) is 4.31 Å². The minimum atomic E-state index is -3.49. The summed E-state index contributed by atoms with van der Waals surface area (Å²) in [6.45, 7) is 1.09. The number of furan rings is 1. The van der Waals surface area contributed by atoms with Crippen LogP contribution < -0.4 is 0 Å². The Morgan fingerprint density at radius 1 is 1.12 bits per heavy atom. The van der Waals surface area contributed by atoms with Crippen LogP contribution in [0.25, 0.3) is 11.5 Å². The Morgan fingerprint density at radius 2 is 1.92 bits per heavy atom. The smallest absolute Gasteiger partial charge is 0.276 e. The summed E-state index contributed by atoms with van der Waals surface area (Å²) in [5, 5.41) is 5.53. The van der Waals surface area contributed by atoms with E-state index in [-0.39, 0.29) is 24.7 Å². The fourth-order valence-electron chi connectivity index (χ4n) is 2.74. The zero-order chi connectivity index (χ0) is 18.1. The number of carbonyl (C=O) groups excluding carboxylic acids is 1. The van der Waals surface area contributed by atoms with Crippen LogP contribution in [-0.2, 0) is 10.0 Å². The summed E-state index contributed by atoms with van der Waals surface area (Å²) >= 11 is 1.19. The molecule has 1 fully saturated rings. The third kappa shape index (κ3) is 3.06. The van der Waals surface area contributed by atoms with Crippen LogP contribution in [0.2, 0.25) is 0 Å². The molecule has 0 N–H and O–H groups in total. The molecule has 10 heteroatoms. The SMILES string of the molecule is O=C(c1cc(-c2ccco2)on1)N1CCN(S(=O)(=O)c2cccs2)CC1. The van der Waals surface area contributed by atoms with Crippen molar-refractivity contribution in [2.24, 2.45) is 0 Å². The summed E-state index contributed by atoms with van der Waals surface area (Å²) < 4.78 is 37.1. The molecular formula is C16H15N3O5S2. The quantitative estimate of drug-likeness (QED) is 0.674. The van der Waals surface area contributed by atoms with Crippen molar-refractivity contribution >= 4 is 27.3 Å². The highest BCUT2D eigenvalue weighted by Gasteiger charge is 2.31. The van der Waals surface area contributed by atoms with Crippen LogP contribution in [0.5, 0.6) is 0 Å². The number of carbonyl (C=O) groups is 1. The minimum absolute atomic E-state index is 0.172. The summed E-state index contributed by atoms with van der Waals surface area (Å²) in [5.41, 5.74) is 0.172. The summed E-state index contributed by atoms with van der Waals surface area (Å²) in [5.74, 6) is 0.570. The van der Waals surface area contributed by atoms with E-state index in [0.29, 0.717) is 28.8 Å². The van der Waals surface area contributed by atoms with Crippen molar-refractivity contribution in [3.8, 4) is 11.5 Å². The first kappa shape index (κ1) is 17.0. The van der Waals surface area contributed by atoms with Crippen molar-refractivity contribution in [2.45, 2.75) is 4.21 Å². The molecule has 0 aromatic carbocycles. The number of hydrogen-bond donors (Lipinski definition) is 0. The van der Waals surface area contributed by atoms with Gasteiger partial charge in [-0.15, -0.1) is 11.3 Å². The largest absolute Gasteiger partial charge is 0.461 e. The van der Waals surface area contributed by atoms with Gasteiger partial charge in [0.1, 0.15) is 4.21 Å². The van der Waals surface area contributed by atoms with Crippen LogP contribution in [0.15, 0.2) is 55.1 Å². The molecule has 0 spiro atoms. The first-order valence-corrected chi connectivity index (χ1v) is 10.2. The van der Waals surface area contributed by atoms with Gasteiger partial charge in [-0.05, 0) is 23.6 Å². The molecule has 0 unspecified atom stereocenters. The van der Waals surface area contributed by atoms with E-state index in [4.69, 9.17) is 8.94 Å². The molecule has 1 saturated heterocycles. The lowest BCUT2D eigenvalue weighted by Crippen LogP contribution is -2.50. The molecule has 0 atom stereocenters. The van der Waals surface area contributed by atoms with Crippen LogP contribution in [0.4, 0.5) is 0 Å². The molecule has 26 heavy (non-hydrogen) atoms. The predicted molar refractivity (Wildman–Crippen MR) is 93.2 cm³/mol. The van der Waals surface area contributed by atoms with Crippen molar-refractivity contribution in [3.63, 3.8) is 0 Å². The third-order valence-electron chi connectivity index (χ3n) is 4.11. The van der Waals surface area contributed by atoms with Gasteiger partial charge in [0.25, 0.3) is 15.9 Å². The highest BCUT2D eigenvalue weighted by molar-refractivity contribution is 7.91. The zero-order valence-electron chi connectivity index (χ0n) is 13.6. The van der Waals surface area contributed by atoms with Gasteiger partial charge in [0.15, 0.2) is 11.5 Å². The molecule has 0 aliphatic carbocycles. The van der Waals surface area contributed by atoms with E-state index >= 15 is 0 Å². The van der Waals surface area contributed by atoms with Crippen LogP contribution in [0, 0.1) is 0 Å². The Bertz CT molecular complexity index is 985. The highest BCUT2D eigenvalue weighted by atomic mass is 32.2. The van der Waals surface area contributed by atoms with Gasteiger partial charge in [-0.1, -0.05) is 11.2 Å². The van der Waals surface area contributed by atoms with E-state index in [2.05, 4.69) is 5.16 Å². The molecule has 4 heterocycles. The molecule has 0 saturated carbocycles. The van der Waals surface area contributed by atoms with E-state index in [1.165, 1.54) is 28.0 Å². The van der Waals surface area contributed by atoms with E-state index in [1.54, 1.807) is 34.5 Å². The van der Waals surface area contributed by atoms with Crippen molar-refractivity contribution in [1.29, 1.82) is 0 Å². The van der Waals surface area contributed by atoms with E-state index < -0.39 is 10.0 Å². The predicted octanol–water partition coefficient (Wildman–Crippen LogP) is 2.14. The van der Waals surface area contributed by atoms with Gasteiger partial charge in [-0.3, -0.25) is 4.79 Å². The van der Waals surface area contributed by atoms with Crippen LogP contribution >= 0.6 is 11.3 Å². The second-order valence-corrected chi connectivity index (χ2v) is 8.79. The Labute approximate surface area is 153 Å². The molecule has 1 aliphatic heterocycles. The maximum atomic E-state index is 12.6. The first-order chi connectivity index (χ1) is 12.6. The zero-order valence-corrected chi connectivity index (χ0v) is 15.2. The summed E-state index contributed by atoms with van der Waals surface area (Å²) in [4.78, 5) is 14.1. The van der Waals surface area contributed by atoms with Crippen molar-refractivity contribution in [2.75, 3.05) is 26.2 Å². The van der Waals surface area contributed by atoms with Gasteiger partial charge >= 0.3 is 0 Å². The number of rotatable bonds is 4. The maximum Gasteiger partial charge on any atom is 0.276 e. The second kappa shape index (κ2) is 6.71. The molecule has 4 rings (SSSR count). The van der Waals surface area contributed by atoms with Crippen LogP contribution in [0.3, 0.4) is 0 Å². The Morgan fingerprint density at radius 3 is 2.58 bits per heavy atom. The molecule has 0 radical (unpaired) electrons. The molecule has 1 aliphatic rings. The van der Waals surface area contributed by atoms with Crippen molar-refractivity contribution in [3.05, 3.63) is 47.7 Å². The topological polar surface area (TPSA) is 96.9 Å². The van der Waals surface area contributed by atoms with E-state index in [9.17, 15) is 13.2 Å². The number of sulfonamides is 1. The van der Waals surface area contributed by atoms with Crippen LogP contribution in [-0.4, -0.2) is 54.9 Å². The number of piperazine rings is 1. The highest BCUT2D eigenvalue weighted by Crippen LogP contribution is 2.24. The molecule has 3 aromatic rings. The summed E-state index contributed by atoms with van der Waals surface area (Å²) in [6, 6.07) is 8.24. The lowest BCUT2D eigenvalue weighted by Gasteiger charge is -2.33. The normalized spacial score (nSPS) is 16.1. The van der Waals surface area contributed by atoms with Crippen molar-refractivity contribution in [1.82, 2.24) is 14.4 Å². The van der Waals surface area contributed by atoms with Gasteiger partial charge in [0, 0.05) is 32.2 Å². The molecule has 136 valence electrons. The van der Waals surface area contributed by atoms with Crippen molar-refractivity contribution < 1.29 is 22.2 Å². The standard InChI is InChI=1S/C16H15N3O5S2/c20-16(12-11-14(24-17-12)13-3-1-9-23-13)18-5-7-19(8-6-18)26(21,22)15-4-2-10-25-15/h1-4,9-11H,5-8H2. The Balaban J connectivity index is 1.43. The fraction of sp³-hybridized carbons (Fsp3) is 0.250. The third-order valence-corrected chi connectivity index (χ3v) is 7.38. The maximum absolute atomic E-state index is 12.6. The number of thiophene rings is 1. The second-order valence-electron chi connectivity index (χ2n) is 5.68. The molecule has 3 aromatic heterocycles. The average molecular weight is 393 g/mol. The number of hydrogen-bond acceptors (Lipinski definition) is 7. The van der Waals surface area contributed by atoms with Crippen LogP contribution in [0.1, 0.15) is 10.5 Å². The lowest BCUT2D eigenvalue weighted by molar-refractivity contribution is 0.0687. The number of nitrogens with zero attached hydrogens (tertiary/aromatic N) is 3. The molecule has 8 nitrogen and oxygen atoms in total. The van der Waals surface area contributed by atoms with Gasteiger partial charge in [0.2, 0.25) is 5.76 Å². The van der Waals surface area contributed by atoms with E-state index in [0.717, 1.165) is 0 Å². The number of aromatic nitrogens is 1. The fourth-order valence-corrected chi connectivity index (χ4v) is 5.31. The van der Waals surface area contributed by atoms with Gasteiger partial charge in [-0.25, -0.2) is 8.42 Å². The summed E-state index contributed by atoms with van der Waals surface area (Å²) in [6.07, 6.45) is 1.51. The monoisotopic (exact) mass is 393 g/mol. The molecule has 1 amide bonds. The Kier molecular flexibility index (Phi) is 4.39. The summed E-state index contributed by atoms with van der Waals surface area (Å²) in [7, 11) is -3.49. The average Bonchev–Trinajstić information content (AvgIpc) is 3.43. The lowest BCUT2D eigenvalue weighted by atomic mass is 10.2. The van der Waals surface area contributed by atoms with E-state index in [1.807, 2.05) is 0 Å². The van der Waals surface area contributed by atoms with Gasteiger partial charge in [0.05, 0.1) is 6.26 Å². The van der Waals surface area contributed by atoms with Gasteiger partial charge < -0.3 is 13.8 Å². The minimum Gasteiger partial charge on any atom is -0.461 e. The molecular weight excluding hydrogens is 378 g/mol.